The molecule has 1 saturated heterocycles. The van der Waals surface area contributed by atoms with E-state index >= 15 is 0 Å². The molecule has 2 unspecified atom stereocenters. The minimum Gasteiger partial charge on any atom is -0.381 e. The van der Waals surface area contributed by atoms with Crippen molar-refractivity contribution in [1.29, 1.82) is 0 Å². The highest BCUT2D eigenvalue weighted by atomic mass is 35.5. The fourth-order valence-electron chi connectivity index (χ4n) is 3.60. The van der Waals surface area contributed by atoms with Crippen molar-refractivity contribution in [3.8, 4) is 0 Å². The maximum absolute atomic E-state index is 6.17. The molecule has 0 aromatic heterocycles. The predicted octanol–water partition coefficient (Wildman–Crippen LogP) is 3.26. The summed E-state index contributed by atoms with van der Waals surface area (Å²) in [5.41, 5.74) is 1.47. The van der Waals surface area contributed by atoms with Crippen LogP contribution in [0.4, 0.5) is 0 Å². The number of ether oxygens (including phenoxy) is 1. The molecule has 3 atom stereocenters. The average Bonchev–Trinajstić information content (AvgIpc) is 2.89. The number of hydrogen-bond acceptors (Lipinski definition) is 2. The monoisotopic (exact) mass is 285 g/mol. The van der Waals surface area contributed by atoms with E-state index in [9.17, 15) is 0 Å². The van der Waals surface area contributed by atoms with Crippen LogP contribution in [0.3, 0.4) is 0 Å². The van der Waals surface area contributed by atoms with E-state index in [-0.39, 0.29) is 5.41 Å². The predicted molar refractivity (Wildman–Crippen MR) is 74.5 cm³/mol. The van der Waals surface area contributed by atoms with Crippen molar-refractivity contribution in [2.75, 3.05) is 20.2 Å². The summed E-state index contributed by atoms with van der Waals surface area (Å²) in [4.78, 5) is 0. The highest BCUT2D eigenvalue weighted by Crippen LogP contribution is 2.49. The molecule has 2 fully saturated rings. The summed E-state index contributed by atoms with van der Waals surface area (Å²) < 4.78 is 5.56. The topological polar surface area (TPSA) is 21.3 Å². The highest BCUT2D eigenvalue weighted by Gasteiger charge is 2.51. The van der Waals surface area contributed by atoms with Crippen LogP contribution in [-0.4, -0.2) is 26.3 Å². The quantitative estimate of drug-likeness (QED) is 0.901. The second-order valence-electron chi connectivity index (χ2n) is 5.41. The maximum Gasteiger partial charge on any atom is 0.0595 e. The molecule has 1 aliphatic carbocycles. The first-order valence-electron chi connectivity index (χ1n) is 6.35. The first-order chi connectivity index (χ1) is 8.65. The summed E-state index contributed by atoms with van der Waals surface area (Å²) in [7, 11) is 1.81. The molecule has 1 aromatic rings. The van der Waals surface area contributed by atoms with Crippen LogP contribution >= 0.6 is 23.2 Å². The van der Waals surface area contributed by atoms with Crippen molar-refractivity contribution in [3.63, 3.8) is 0 Å². The molecule has 0 radical (unpaired) electrons. The van der Waals surface area contributed by atoms with Crippen LogP contribution < -0.4 is 5.32 Å². The lowest BCUT2D eigenvalue weighted by Crippen LogP contribution is -2.31. The third-order valence-electron chi connectivity index (χ3n) is 4.58. The van der Waals surface area contributed by atoms with Crippen molar-refractivity contribution in [1.82, 2.24) is 5.32 Å². The third-order valence-corrected chi connectivity index (χ3v) is 5.32. The van der Waals surface area contributed by atoms with Crippen molar-refractivity contribution >= 4 is 23.2 Å². The largest absolute Gasteiger partial charge is 0.381 e. The second-order valence-corrected chi connectivity index (χ2v) is 6.22. The first kappa shape index (κ1) is 12.7. The van der Waals surface area contributed by atoms with E-state index in [2.05, 4.69) is 11.4 Å². The zero-order chi connectivity index (χ0) is 12.8. The fourth-order valence-corrected chi connectivity index (χ4v) is 3.90. The molecule has 0 amide bonds. The third kappa shape index (κ3) is 1.87. The van der Waals surface area contributed by atoms with Gasteiger partial charge < -0.3 is 10.1 Å². The molecule has 2 nitrogen and oxygen atoms in total. The highest BCUT2D eigenvalue weighted by molar-refractivity contribution is 6.42. The van der Waals surface area contributed by atoms with Gasteiger partial charge in [0.05, 0.1) is 16.1 Å². The lowest BCUT2D eigenvalue weighted by atomic mass is 9.74. The Morgan fingerprint density at radius 2 is 2.17 bits per heavy atom. The van der Waals surface area contributed by atoms with Crippen LogP contribution in [0.2, 0.25) is 10.0 Å². The Hall–Kier alpha value is -0.280. The van der Waals surface area contributed by atoms with Gasteiger partial charge in [-0.25, -0.2) is 0 Å². The summed E-state index contributed by atoms with van der Waals surface area (Å²) in [6.07, 6.45) is 2.56. The van der Waals surface area contributed by atoms with Gasteiger partial charge in [0.1, 0.15) is 0 Å². The molecule has 2 aliphatic rings. The fraction of sp³-hybridized carbons (Fsp3) is 0.571. The first-order valence-corrected chi connectivity index (χ1v) is 7.10. The van der Waals surface area contributed by atoms with Gasteiger partial charge in [0, 0.05) is 19.1 Å². The Labute approximate surface area is 118 Å². The lowest BCUT2D eigenvalue weighted by molar-refractivity contribution is 0.100. The van der Waals surface area contributed by atoms with Gasteiger partial charge in [0.2, 0.25) is 0 Å². The molecule has 1 aromatic carbocycles. The summed E-state index contributed by atoms with van der Waals surface area (Å²) in [5.74, 6) is 0.639. The van der Waals surface area contributed by atoms with Crippen LogP contribution in [-0.2, 0) is 10.2 Å². The molecule has 98 valence electrons. The van der Waals surface area contributed by atoms with Crippen molar-refractivity contribution in [3.05, 3.63) is 33.8 Å². The molecular weight excluding hydrogens is 269 g/mol. The summed E-state index contributed by atoms with van der Waals surface area (Å²) >= 11 is 12.2. The van der Waals surface area contributed by atoms with Gasteiger partial charge in [0.15, 0.2) is 0 Å². The van der Waals surface area contributed by atoms with Gasteiger partial charge in [-0.1, -0.05) is 29.3 Å². The SMILES string of the molecule is COC1C[C@@H]2CNCC2(c2ccc(Cl)c(Cl)c2)C1. The molecule has 1 heterocycles. The van der Waals surface area contributed by atoms with Crippen molar-refractivity contribution in [2.45, 2.75) is 24.4 Å². The molecule has 1 saturated carbocycles. The number of halogens is 2. The van der Waals surface area contributed by atoms with E-state index in [1.54, 1.807) is 0 Å². The van der Waals surface area contributed by atoms with Crippen LogP contribution in [0.1, 0.15) is 18.4 Å². The lowest BCUT2D eigenvalue weighted by Gasteiger charge is -2.29. The number of benzene rings is 1. The molecule has 0 bridgehead atoms. The molecule has 4 heteroatoms. The molecule has 1 aliphatic heterocycles. The average molecular weight is 286 g/mol. The van der Waals surface area contributed by atoms with E-state index in [1.165, 1.54) is 5.56 Å². The number of hydrogen-bond donors (Lipinski definition) is 1. The van der Waals surface area contributed by atoms with Crippen molar-refractivity contribution in [2.24, 2.45) is 5.92 Å². The molecule has 3 rings (SSSR count). The smallest absolute Gasteiger partial charge is 0.0595 e. The standard InChI is InChI=1S/C14H17Cl2NO/c1-18-11-4-10-7-17-8-14(10,6-11)9-2-3-12(15)13(16)5-9/h2-3,5,10-11,17H,4,6-8H2,1H3/t10-,11?,14?/m1/s1. The maximum atomic E-state index is 6.17. The van der Waals surface area contributed by atoms with Crippen LogP contribution in [0.5, 0.6) is 0 Å². The number of rotatable bonds is 2. The Bertz CT molecular complexity index is 465. The van der Waals surface area contributed by atoms with E-state index in [4.69, 9.17) is 27.9 Å². The zero-order valence-corrected chi connectivity index (χ0v) is 11.9. The van der Waals surface area contributed by atoms with E-state index < -0.39 is 0 Å². The van der Waals surface area contributed by atoms with Crippen molar-refractivity contribution < 1.29 is 4.74 Å². The molecule has 1 N–H and O–H groups in total. The minimum absolute atomic E-state index is 0.176. The number of methoxy groups -OCH3 is 1. The minimum atomic E-state index is 0.176. The Kier molecular flexibility index (Phi) is 3.31. The second kappa shape index (κ2) is 4.68. The number of nitrogens with one attached hydrogen (secondary N) is 1. The van der Waals surface area contributed by atoms with E-state index in [0.717, 1.165) is 25.9 Å². The van der Waals surface area contributed by atoms with Gasteiger partial charge >= 0.3 is 0 Å². The summed E-state index contributed by atoms with van der Waals surface area (Å²) in [6.45, 7) is 2.08. The van der Waals surface area contributed by atoms with Gasteiger partial charge in [-0.3, -0.25) is 0 Å². The molecule has 18 heavy (non-hydrogen) atoms. The summed E-state index contributed by atoms with van der Waals surface area (Å²) in [5, 5.41) is 4.78. The Balaban J connectivity index is 1.99. The van der Waals surface area contributed by atoms with Crippen LogP contribution in [0.25, 0.3) is 0 Å². The number of fused-ring (bicyclic) bond motifs is 1. The van der Waals surface area contributed by atoms with Crippen LogP contribution in [0.15, 0.2) is 18.2 Å². The zero-order valence-electron chi connectivity index (χ0n) is 10.4. The molecular formula is C14H17Cl2NO. The van der Waals surface area contributed by atoms with E-state index in [0.29, 0.717) is 22.1 Å². The van der Waals surface area contributed by atoms with E-state index in [1.807, 2.05) is 19.2 Å². The van der Waals surface area contributed by atoms with Crippen LogP contribution in [0, 0.1) is 5.92 Å². The Morgan fingerprint density at radius 1 is 1.33 bits per heavy atom. The van der Waals surface area contributed by atoms with Gasteiger partial charge in [-0.2, -0.15) is 0 Å². The molecule has 0 spiro atoms. The Morgan fingerprint density at radius 3 is 2.89 bits per heavy atom. The van der Waals surface area contributed by atoms with Gasteiger partial charge in [0.25, 0.3) is 0 Å². The summed E-state index contributed by atoms with van der Waals surface area (Å²) in [6, 6.07) is 6.05. The van der Waals surface area contributed by atoms with Gasteiger partial charge in [-0.15, -0.1) is 0 Å². The van der Waals surface area contributed by atoms with Gasteiger partial charge in [-0.05, 0) is 43.0 Å². The normalized spacial score (nSPS) is 34.8.